The molecule has 1 aromatic carbocycles. The Balaban J connectivity index is 2.31. The fourth-order valence-electron chi connectivity index (χ4n) is 3.04. The molecule has 0 bridgehead atoms. The zero-order valence-electron chi connectivity index (χ0n) is 15.6. The van der Waals surface area contributed by atoms with Gasteiger partial charge in [-0.2, -0.15) is 17.5 Å². The summed E-state index contributed by atoms with van der Waals surface area (Å²) in [6, 6.07) is 5.05. The minimum Gasteiger partial charge on any atom is -0.373 e. The van der Waals surface area contributed by atoms with Crippen molar-refractivity contribution in [1.82, 2.24) is 9.21 Å². The lowest BCUT2D eigenvalue weighted by Crippen LogP contribution is -2.48. The number of sulfonamides is 1. The van der Waals surface area contributed by atoms with Crippen LogP contribution in [-0.4, -0.2) is 68.1 Å². The summed E-state index contributed by atoms with van der Waals surface area (Å²) in [6.07, 6.45) is -3.99. The molecule has 1 aliphatic heterocycles. The van der Waals surface area contributed by atoms with Crippen LogP contribution in [0.3, 0.4) is 0 Å². The van der Waals surface area contributed by atoms with E-state index in [2.05, 4.69) is 6.58 Å². The number of halogens is 3. The number of rotatable bonds is 6. The lowest BCUT2D eigenvalue weighted by molar-refractivity contribution is -0.139. The van der Waals surface area contributed by atoms with Gasteiger partial charge in [0.2, 0.25) is 10.0 Å². The van der Waals surface area contributed by atoms with E-state index in [1.807, 2.05) is 0 Å². The summed E-state index contributed by atoms with van der Waals surface area (Å²) in [7, 11) is -3.92. The summed E-state index contributed by atoms with van der Waals surface area (Å²) in [5, 5.41) is 0. The summed E-state index contributed by atoms with van der Waals surface area (Å²) < 4.78 is 70.9. The van der Waals surface area contributed by atoms with Crippen molar-refractivity contribution in [2.45, 2.75) is 37.1 Å². The first-order chi connectivity index (χ1) is 12.9. The molecule has 1 aliphatic rings. The van der Waals surface area contributed by atoms with Gasteiger partial charge in [-0.05, 0) is 32.0 Å². The Hall–Kier alpha value is -1.91. The molecule has 0 radical (unpaired) electrons. The molecule has 2 rings (SSSR count). The second-order valence-corrected chi connectivity index (χ2v) is 8.63. The standard InChI is InChI=1S/C18H23F3N2O4S/c1-4-8-22(12-18(19,20)21)17(24)15-6-5-7-16(9-15)28(25,26)23-10-13(2)27-14(3)11-23/h4-7,9,13-14H,1,8,10-12H2,2-3H3. The van der Waals surface area contributed by atoms with E-state index in [0.717, 1.165) is 6.07 Å². The molecule has 0 aliphatic carbocycles. The van der Waals surface area contributed by atoms with E-state index in [1.54, 1.807) is 13.8 Å². The Kier molecular flexibility index (Phi) is 6.89. The molecule has 0 N–H and O–H groups in total. The van der Waals surface area contributed by atoms with Crippen LogP contribution in [0, 0.1) is 0 Å². The van der Waals surface area contributed by atoms with Crippen molar-refractivity contribution in [2.75, 3.05) is 26.2 Å². The first kappa shape index (κ1) is 22.4. The van der Waals surface area contributed by atoms with E-state index in [0.29, 0.717) is 4.90 Å². The molecule has 10 heteroatoms. The summed E-state index contributed by atoms with van der Waals surface area (Å²) in [6.45, 7) is 5.41. The predicted octanol–water partition coefficient (Wildman–Crippen LogP) is 2.68. The molecule has 0 saturated carbocycles. The number of hydrogen-bond donors (Lipinski definition) is 0. The number of carbonyl (C=O) groups is 1. The van der Waals surface area contributed by atoms with Crippen molar-refractivity contribution in [2.24, 2.45) is 0 Å². The second kappa shape index (κ2) is 8.62. The summed E-state index contributed by atoms with van der Waals surface area (Å²) in [5.74, 6) is -0.919. The van der Waals surface area contributed by atoms with Gasteiger partial charge in [0.25, 0.3) is 5.91 Å². The number of morpholine rings is 1. The number of ether oxygens (including phenoxy) is 1. The SMILES string of the molecule is C=CCN(CC(F)(F)F)C(=O)c1cccc(S(=O)(=O)N2CC(C)OC(C)C2)c1. The van der Waals surface area contributed by atoms with Crippen LogP contribution >= 0.6 is 0 Å². The third-order valence-electron chi connectivity index (χ3n) is 4.11. The monoisotopic (exact) mass is 420 g/mol. The van der Waals surface area contributed by atoms with Crippen LogP contribution in [-0.2, 0) is 14.8 Å². The average molecular weight is 420 g/mol. The molecule has 1 amide bonds. The molecule has 156 valence electrons. The van der Waals surface area contributed by atoms with Crippen molar-refractivity contribution in [3.8, 4) is 0 Å². The van der Waals surface area contributed by atoms with Crippen LogP contribution in [0.1, 0.15) is 24.2 Å². The van der Waals surface area contributed by atoms with Crippen LogP contribution in [0.5, 0.6) is 0 Å². The smallest absolute Gasteiger partial charge is 0.373 e. The Bertz CT molecular complexity index is 816. The quantitative estimate of drug-likeness (QED) is 0.664. The molecule has 6 nitrogen and oxygen atoms in total. The molecule has 0 spiro atoms. The highest BCUT2D eigenvalue weighted by Gasteiger charge is 2.34. The van der Waals surface area contributed by atoms with Crippen molar-refractivity contribution < 1.29 is 31.1 Å². The molecule has 1 aromatic rings. The zero-order chi connectivity index (χ0) is 21.1. The number of benzene rings is 1. The maximum atomic E-state index is 12.9. The van der Waals surface area contributed by atoms with Gasteiger partial charge in [-0.25, -0.2) is 8.42 Å². The first-order valence-corrected chi connectivity index (χ1v) is 10.1. The van der Waals surface area contributed by atoms with Gasteiger partial charge in [-0.15, -0.1) is 6.58 Å². The maximum absolute atomic E-state index is 12.9. The fraction of sp³-hybridized carbons (Fsp3) is 0.500. The molecule has 2 unspecified atom stereocenters. The van der Waals surface area contributed by atoms with E-state index < -0.39 is 28.7 Å². The minimum atomic E-state index is -4.58. The van der Waals surface area contributed by atoms with Gasteiger partial charge in [-0.1, -0.05) is 12.1 Å². The summed E-state index contributed by atoms with van der Waals surface area (Å²) in [4.78, 5) is 12.9. The zero-order valence-corrected chi connectivity index (χ0v) is 16.5. The Morgan fingerprint density at radius 2 is 1.93 bits per heavy atom. The average Bonchev–Trinajstić information content (AvgIpc) is 2.59. The molecule has 1 fully saturated rings. The summed E-state index contributed by atoms with van der Waals surface area (Å²) >= 11 is 0. The largest absolute Gasteiger partial charge is 0.406 e. The Labute approximate surface area is 162 Å². The lowest BCUT2D eigenvalue weighted by atomic mass is 10.2. The van der Waals surface area contributed by atoms with Crippen molar-refractivity contribution >= 4 is 15.9 Å². The number of carbonyl (C=O) groups excluding carboxylic acids is 1. The topological polar surface area (TPSA) is 66.9 Å². The van der Waals surface area contributed by atoms with E-state index in [1.165, 1.54) is 28.6 Å². The second-order valence-electron chi connectivity index (χ2n) is 6.70. The van der Waals surface area contributed by atoms with Crippen LogP contribution in [0.15, 0.2) is 41.8 Å². The highest BCUT2D eigenvalue weighted by atomic mass is 32.2. The molecule has 1 saturated heterocycles. The Morgan fingerprint density at radius 1 is 1.32 bits per heavy atom. The van der Waals surface area contributed by atoms with Crippen molar-refractivity contribution in [3.05, 3.63) is 42.5 Å². The van der Waals surface area contributed by atoms with Crippen LogP contribution in [0.4, 0.5) is 13.2 Å². The van der Waals surface area contributed by atoms with Crippen molar-refractivity contribution in [1.29, 1.82) is 0 Å². The van der Waals surface area contributed by atoms with E-state index in [9.17, 15) is 26.4 Å². The molecule has 1 heterocycles. The van der Waals surface area contributed by atoms with Gasteiger partial charge in [0.1, 0.15) is 6.54 Å². The van der Waals surface area contributed by atoms with E-state index >= 15 is 0 Å². The van der Waals surface area contributed by atoms with Gasteiger partial charge < -0.3 is 9.64 Å². The number of amides is 1. The maximum Gasteiger partial charge on any atom is 0.406 e. The minimum absolute atomic E-state index is 0.137. The van der Waals surface area contributed by atoms with Gasteiger partial charge in [0, 0.05) is 25.2 Å². The van der Waals surface area contributed by atoms with E-state index in [4.69, 9.17) is 4.74 Å². The normalized spacial score (nSPS) is 21.3. The van der Waals surface area contributed by atoms with Crippen LogP contribution in [0.25, 0.3) is 0 Å². The van der Waals surface area contributed by atoms with Crippen LogP contribution < -0.4 is 0 Å². The van der Waals surface area contributed by atoms with Gasteiger partial charge in [0.05, 0.1) is 17.1 Å². The fourth-order valence-corrected chi connectivity index (χ4v) is 4.68. The van der Waals surface area contributed by atoms with Crippen LogP contribution in [0.2, 0.25) is 0 Å². The number of alkyl halides is 3. The lowest BCUT2D eigenvalue weighted by Gasteiger charge is -2.34. The summed E-state index contributed by atoms with van der Waals surface area (Å²) in [5.41, 5.74) is -0.137. The first-order valence-electron chi connectivity index (χ1n) is 8.66. The highest BCUT2D eigenvalue weighted by Crippen LogP contribution is 2.23. The number of hydrogen-bond acceptors (Lipinski definition) is 4. The number of nitrogens with zero attached hydrogens (tertiary/aromatic N) is 2. The Morgan fingerprint density at radius 3 is 2.46 bits per heavy atom. The molecular formula is C18H23F3N2O4S. The molecule has 2 atom stereocenters. The molecule has 0 aromatic heterocycles. The third-order valence-corrected chi connectivity index (χ3v) is 5.94. The van der Waals surface area contributed by atoms with Gasteiger partial charge in [0.15, 0.2) is 0 Å². The van der Waals surface area contributed by atoms with Gasteiger partial charge >= 0.3 is 6.18 Å². The highest BCUT2D eigenvalue weighted by molar-refractivity contribution is 7.89. The molecule has 28 heavy (non-hydrogen) atoms. The predicted molar refractivity (Wildman–Crippen MR) is 97.4 cm³/mol. The van der Waals surface area contributed by atoms with Gasteiger partial charge in [-0.3, -0.25) is 4.79 Å². The van der Waals surface area contributed by atoms with E-state index in [-0.39, 0.29) is 42.3 Å². The molecular weight excluding hydrogens is 397 g/mol. The van der Waals surface area contributed by atoms with Crippen molar-refractivity contribution in [3.63, 3.8) is 0 Å². The third kappa shape index (κ3) is 5.55.